The molecule has 0 bridgehead atoms. The van der Waals surface area contributed by atoms with E-state index >= 15 is 0 Å². The largest absolute Gasteiger partial charge is 0.336 e. The highest BCUT2D eigenvalue weighted by molar-refractivity contribution is 7.10. The number of rotatable bonds is 4. The first-order valence-corrected chi connectivity index (χ1v) is 8.75. The maximum atomic E-state index is 12.0. The minimum absolute atomic E-state index is 0.187. The zero-order valence-corrected chi connectivity index (χ0v) is 14.6. The molecule has 7 heteroatoms. The molecular formula is C16H23N5OS. The number of aromatic nitrogens is 2. The van der Waals surface area contributed by atoms with Crippen molar-refractivity contribution in [1.29, 1.82) is 0 Å². The second kappa shape index (κ2) is 6.72. The van der Waals surface area contributed by atoms with Gasteiger partial charge in [-0.1, -0.05) is 0 Å². The first kappa shape index (κ1) is 16.0. The van der Waals surface area contributed by atoms with Crippen LogP contribution in [0.1, 0.15) is 23.1 Å². The number of fused-ring (bicyclic) bond motifs is 1. The number of amides is 2. The van der Waals surface area contributed by atoms with Crippen LogP contribution in [-0.2, 0) is 20.0 Å². The van der Waals surface area contributed by atoms with Gasteiger partial charge in [-0.3, -0.25) is 14.9 Å². The molecule has 0 fully saturated rings. The SMILES string of the molecule is Cc1cc(NC(=O)NC[C@H](C)N2CCc3sccc3C2)n(C)n1. The van der Waals surface area contributed by atoms with Crippen LogP contribution in [0.3, 0.4) is 0 Å². The van der Waals surface area contributed by atoms with Crippen molar-refractivity contribution in [2.75, 3.05) is 18.4 Å². The fraction of sp³-hybridized carbons (Fsp3) is 0.500. The molecule has 0 aliphatic carbocycles. The van der Waals surface area contributed by atoms with Crippen LogP contribution in [0.4, 0.5) is 10.6 Å². The Morgan fingerprint density at radius 2 is 2.35 bits per heavy atom. The van der Waals surface area contributed by atoms with Gasteiger partial charge in [-0.05, 0) is 37.3 Å². The van der Waals surface area contributed by atoms with Crippen molar-refractivity contribution in [2.45, 2.75) is 32.9 Å². The Balaban J connectivity index is 1.48. The van der Waals surface area contributed by atoms with Gasteiger partial charge in [-0.25, -0.2) is 4.79 Å². The number of anilines is 1. The number of hydrogen-bond donors (Lipinski definition) is 2. The van der Waals surface area contributed by atoms with Gasteiger partial charge in [0.05, 0.1) is 5.69 Å². The van der Waals surface area contributed by atoms with E-state index in [1.165, 1.54) is 10.4 Å². The molecule has 2 amide bonds. The highest BCUT2D eigenvalue weighted by atomic mass is 32.1. The van der Waals surface area contributed by atoms with Gasteiger partial charge in [0.2, 0.25) is 0 Å². The van der Waals surface area contributed by atoms with Gasteiger partial charge in [0.1, 0.15) is 5.82 Å². The van der Waals surface area contributed by atoms with Gasteiger partial charge in [-0.15, -0.1) is 11.3 Å². The summed E-state index contributed by atoms with van der Waals surface area (Å²) in [5, 5.41) is 12.2. The standard InChI is InChI=1S/C16H23N5OS/c1-11-8-15(20(3)19-11)18-16(22)17-9-12(2)21-6-4-14-13(10-21)5-7-23-14/h5,7-8,12H,4,6,9-10H2,1-3H3,(H2,17,18,22)/t12-/m0/s1. The minimum atomic E-state index is -0.187. The predicted molar refractivity (Wildman–Crippen MR) is 92.9 cm³/mol. The molecule has 2 aromatic rings. The number of carbonyl (C=O) groups excluding carboxylic acids is 1. The summed E-state index contributed by atoms with van der Waals surface area (Å²) in [5.41, 5.74) is 2.32. The smallest absolute Gasteiger partial charge is 0.320 e. The van der Waals surface area contributed by atoms with Crippen molar-refractivity contribution >= 4 is 23.2 Å². The van der Waals surface area contributed by atoms with E-state index in [1.807, 2.05) is 31.4 Å². The van der Waals surface area contributed by atoms with Crippen LogP contribution in [0.15, 0.2) is 17.5 Å². The van der Waals surface area contributed by atoms with E-state index in [-0.39, 0.29) is 6.03 Å². The van der Waals surface area contributed by atoms with E-state index in [4.69, 9.17) is 0 Å². The van der Waals surface area contributed by atoms with E-state index in [0.29, 0.717) is 18.4 Å². The Morgan fingerprint density at radius 1 is 1.52 bits per heavy atom. The van der Waals surface area contributed by atoms with Gasteiger partial charge in [0.25, 0.3) is 0 Å². The number of urea groups is 1. The Hall–Kier alpha value is -1.86. The number of thiophene rings is 1. The molecule has 1 aliphatic rings. The average Bonchev–Trinajstić information content (AvgIpc) is 3.10. The Kier molecular flexibility index (Phi) is 4.68. The third-order valence-corrected chi connectivity index (χ3v) is 5.29. The summed E-state index contributed by atoms with van der Waals surface area (Å²) >= 11 is 1.85. The number of nitrogens with zero attached hydrogens (tertiary/aromatic N) is 3. The number of aryl methyl sites for hydroxylation is 2. The Bertz CT molecular complexity index is 692. The van der Waals surface area contributed by atoms with Crippen molar-refractivity contribution in [3.8, 4) is 0 Å². The number of carbonyl (C=O) groups is 1. The second-order valence-electron chi connectivity index (χ2n) is 6.07. The molecule has 0 radical (unpaired) electrons. The van der Waals surface area contributed by atoms with Crippen molar-refractivity contribution in [1.82, 2.24) is 20.0 Å². The molecule has 124 valence electrons. The second-order valence-corrected chi connectivity index (χ2v) is 7.07. The number of hydrogen-bond acceptors (Lipinski definition) is 4. The van der Waals surface area contributed by atoms with E-state index in [0.717, 1.165) is 25.2 Å². The lowest BCUT2D eigenvalue weighted by molar-refractivity contribution is 0.188. The van der Waals surface area contributed by atoms with E-state index in [9.17, 15) is 4.79 Å². The quantitative estimate of drug-likeness (QED) is 0.903. The maximum Gasteiger partial charge on any atom is 0.320 e. The summed E-state index contributed by atoms with van der Waals surface area (Å²) in [6.07, 6.45) is 1.11. The predicted octanol–water partition coefficient (Wildman–Crippen LogP) is 2.36. The zero-order valence-electron chi connectivity index (χ0n) is 13.8. The topological polar surface area (TPSA) is 62.2 Å². The molecule has 0 saturated carbocycles. The van der Waals surface area contributed by atoms with Crippen LogP contribution >= 0.6 is 11.3 Å². The van der Waals surface area contributed by atoms with Crippen LogP contribution in [0.2, 0.25) is 0 Å². The molecule has 0 aromatic carbocycles. The van der Waals surface area contributed by atoms with E-state index in [1.54, 1.807) is 4.68 Å². The molecule has 3 rings (SSSR count). The molecule has 23 heavy (non-hydrogen) atoms. The summed E-state index contributed by atoms with van der Waals surface area (Å²) in [5.74, 6) is 0.702. The molecule has 6 nitrogen and oxygen atoms in total. The molecular weight excluding hydrogens is 310 g/mol. The van der Waals surface area contributed by atoms with Gasteiger partial charge in [0, 0.05) is 43.7 Å². The van der Waals surface area contributed by atoms with E-state index < -0.39 is 0 Å². The van der Waals surface area contributed by atoms with Gasteiger partial charge >= 0.3 is 6.03 Å². The lowest BCUT2D eigenvalue weighted by atomic mass is 10.1. The zero-order chi connectivity index (χ0) is 16.4. The van der Waals surface area contributed by atoms with Crippen LogP contribution in [0, 0.1) is 6.92 Å². The molecule has 0 saturated heterocycles. The van der Waals surface area contributed by atoms with Crippen LogP contribution in [0.25, 0.3) is 0 Å². The monoisotopic (exact) mass is 333 g/mol. The van der Waals surface area contributed by atoms with Crippen LogP contribution < -0.4 is 10.6 Å². The normalized spacial score (nSPS) is 16.0. The summed E-state index contributed by atoms with van der Waals surface area (Å²) in [7, 11) is 1.82. The summed E-state index contributed by atoms with van der Waals surface area (Å²) in [6.45, 7) is 6.72. The van der Waals surface area contributed by atoms with Crippen LogP contribution in [-0.4, -0.2) is 39.8 Å². The molecule has 2 aromatic heterocycles. The fourth-order valence-corrected chi connectivity index (χ4v) is 3.79. The first-order chi connectivity index (χ1) is 11.0. The molecule has 2 N–H and O–H groups in total. The number of nitrogens with one attached hydrogen (secondary N) is 2. The minimum Gasteiger partial charge on any atom is -0.336 e. The van der Waals surface area contributed by atoms with Gasteiger partial charge < -0.3 is 5.32 Å². The summed E-state index contributed by atoms with van der Waals surface area (Å²) in [4.78, 5) is 16.0. The highest BCUT2D eigenvalue weighted by Gasteiger charge is 2.21. The lowest BCUT2D eigenvalue weighted by Gasteiger charge is -2.32. The third-order valence-electron chi connectivity index (χ3n) is 4.26. The van der Waals surface area contributed by atoms with Gasteiger partial charge in [0.15, 0.2) is 0 Å². The van der Waals surface area contributed by atoms with Crippen LogP contribution in [0.5, 0.6) is 0 Å². The molecule has 1 atom stereocenters. The molecule has 1 aliphatic heterocycles. The Labute approximate surface area is 140 Å². The average molecular weight is 333 g/mol. The van der Waals surface area contributed by atoms with E-state index in [2.05, 4.69) is 39.0 Å². The van der Waals surface area contributed by atoms with Crippen molar-refractivity contribution in [2.24, 2.45) is 7.05 Å². The lowest BCUT2D eigenvalue weighted by Crippen LogP contribution is -2.45. The highest BCUT2D eigenvalue weighted by Crippen LogP contribution is 2.24. The summed E-state index contributed by atoms with van der Waals surface area (Å²) < 4.78 is 1.67. The van der Waals surface area contributed by atoms with Gasteiger partial charge in [-0.2, -0.15) is 5.10 Å². The molecule has 0 unspecified atom stereocenters. The third kappa shape index (κ3) is 3.73. The van der Waals surface area contributed by atoms with Crippen molar-refractivity contribution in [3.63, 3.8) is 0 Å². The first-order valence-electron chi connectivity index (χ1n) is 7.87. The van der Waals surface area contributed by atoms with Crippen molar-refractivity contribution in [3.05, 3.63) is 33.6 Å². The molecule has 0 spiro atoms. The van der Waals surface area contributed by atoms with Crippen molar-refractivity contribution < 1.29 is 4.79 Å². The molecule has 3 heterocycles. The Morgan fingerprint density at radius 3 is 3.09 bits per heavy atom. The maximum absolute atomic E-state index is 12.0. The fourth-order valence-electron chi connectivity index (χ4n) is 2.90. The summed E-state index contributed by atoms with van der Waals surface area (Å²) in [6, 6.07) is 4.19.